The molecule has 0 aromatic heterocycles. The van der Waals surface area contributed by atoms with Gasteiger partial charge in [0.25, 0.3) is 0 Å². The second-order valence-electron chi connectivity index (χ2n) is 6.17. The van der Waals surface area contributed by atoms with Gasteiger partial charge in [0.2, 0.25) is 10.0 Å². The Labute approximate surface area is 99.5 Å². The molecule has 1 atom stereocenters. The Hall–Kier alpha value is -0.130. The molecule has 0 heterocycles. The lowest BCUT2D eigenvalue weighted by atomic mass is 9.71. The number of aliphatic hydroxyl groups excluding tert-OH is 1. The van der Waals surface area contributed by atoms with Crippen LogP contribution in [0.25, 0.3) is 0 Å². The second kappa shape index (κ2) is 5.02. The quantitative estimate of drug-likeness (QED) is 0.775. The van der Waals surface area contributed by atoms with Gasteiger partial charge in [0.15, 0.2) is 0 Å². The Morgan fingerprint density at radius 1 is 1.19 bits per heavy atom. The third-order valence-electron chi connectivity index (χ3n) is 2.69. The fourth-order valence-electron chi connectivity index (χ4n) is 1.87. The topological polar surface area (TPSA) is 66.4 Å². The molecule has 0 saturated heterocycles. The minimum absolute atomic E-state index is 0.200. The fraction of sp³-hybridized carbons (Fsp3) is 1.00. The maximum atomic E-state index is 10.9. The molecular formula is C11H25NO3S. The lowest BCUT2D eigenvalue weighted by molar-refractivity contribution is -0.0354. The van der Waals surface area contributed by atoms with Crippen molar-refractivity contribution < 1.29 is 13.5 Å². The van der Waals surface area contributed by atoms with E-state index in [2.05, 4.69) is 4.72 Å². The van der Waals surface area contributed by atoms with Crippen molar-refractivity contribution in [2.24, 2.45) is 10.8 Å². The van der Waals surface area contributed by atoms with Crippen LogP contribution in [0.2, 0.25) is 0 Å². The molecule has 0 rings (SSSR count). The summed E-state index contributed by atoms with van der Waals surface area (Å²) >= 11 is 0. The standard InChI is InChI=1S/C11H25NO3S/c1-10(2,3)9(13)11(4,5)7-8-12-16(6,14)15/h9,12-13H,7-8H2,1-6H3. The van der Waals surface area contributed by atoms with E-state index in [1.54, 1.807) is 0 Å². The molecule has 0 amide bonds. The third-order valence-corrected chi connectivity index (χ3v) is 3.42. The molecule has 0 aromatic carbocycles. The van der Waals surface area contributed by atoms with Gasteiger partial charge in [0, 0.05) is 6.54 Å². The smallest absolute Gasteiger partial charge is 0.208 e. The molecule has 0 fully saturated rings. The van der Waals surface area contributed by atoms with Crippen LogP contribution in [0.15, 0.2) is 0 Å². The van der Waals surface area contributed by atoms with Gasteiger partial charge in [-0.2, -0.15) is 0 Å². The zero-order valence-corrected chi connectivity index (χ0v) is 12.0. The number of rotatable bonds is 5. The summed E-state index contributed by atoms with van der Waals surface area (Å²) < 4.78 is 24.3. The van der Waals surface area contributed by atoms with E-state index in [9.17, 15) is 13.5 Å². The molecule has 16 heavy (non-hydrogen) atoms. The second-order valence-corrected chi connectivity index (χ2v) is 8.01. The Morgan fingerprint density at radius 2 is 1.62 bits per heavy atom. The lowest BCUT2D eigenvalue weighted by Crippen LogP contribution is -2.41. The van der Waals surface area contributed by atoms with Crippen LogP contribution in [0.4, 0.5) is 0 Å². The van der Waals surface area contributed by atoms with Crippen molar-refractivity contribution in [1.82, 2.24) is 4.72 Å². The molecule has 0 radical (unpaired) electrons. The predicted molar refractivity (Wildman–Crippen MR) is 66.7 cm³/mol. The molecule has 0 aromatic rings. The molecule has 0 spiro atoms. The van der Waals surface area contributed by atoms with Crippen LogP contribution in [0.3, 0.4) is 0 Å². The first-order valence-corrected chi connectivity index (χ1v) is 7.38. The summed E-state index contributed by atoms with van der Waals surface area (Å²) in [6, 6.07) is 0. The van der Waals surface area contributed by atoms with Gasteiger partial charge in [-0.3, -0.25) is 0 Å². The summed E-state index contributed by atoms with van der Waals surface area (Å²) in [5.74, 6) is 0. The van der Waals surface area contributed by atoms with Crippen molar-refractivity contribution in [3.63, 3.8) is 0 Å². The van der Waals surface area contributed by atoms with Crippen molar-refractivity contribution in [3.05, 3.63) is 0 Å². The van der Waals surface area contributed by atoms with Crippen LogP contribution < -0.4 is 4.72 Å². The summed E-state index contributed by atoms with van der Waals surface area (Å²) in [5.41, 5.74) is -0.509. The van der Waals surface area contributed by atoms with Gasteiger partial charge in [0.05, 0.1) is 12.4 Å². The first-order valence-electron chi connectivity index (χ1n) is 5.49. The van der Waals surface area contributed by atoms with Crippen LogP contribution >= 0.6 is 0 Å². The van der Waals surface area contributed by atoms with Gasteiger partial charge in [-0.25, -0.2) is 13.1 Å². The van der Waals surface area contributed by atoms with Crippen LogP contribution in [0.5, 0.6) is 0 Å². The third kappa shape index (κ3) is 5.82. The zero-order chi connectivity index (χ0) is 13.2. The summed E-state index contributed by atoms with van der Waals surface area (Å²) in [7, 11) is -3.14. The minimum Gasteiger partial charge on any atom is -0.392 e. The lowest BCUT2D eigenvalue weighted by Gasteiger charge is -2.39. The summed E-state index contributed by atoms with van der Waals surface area (Å²) in [6.45, 7) is 10.2. The van der Waals surface area contributed by atoms with Crippen LogP contribution in [-0.2, 0) is 10.0 Å². The number of nitrogens with one attached hydrogen (secondary N) is 1. The maximum absolute atomic E-state index is 10.9. The number of hydrogen-bond donors (Lipinski definition) is 2. The van der Waals surface area contributed by atoms with E-state index >= 15 is 0 Å². The SMILES string of the molecule is CC(C)(C)C(O)C(C)(C)CCNS(C)(=O)=O. The maximum Gasteiger partial charge on any atom is 0.208 e. The van der Waals surface area contributed by atoms with Gasteiger partial charge in [-0.1, -0.05) is 34.6 Å². The van der Waals surface area contributed by atoms with E-state index in [-0.39, 0.29) is 10.8 Å². The first kappa shape index (κ1) is 15.9. The highest BCUT2D eigenvalue weighted by molar-refractivity contribution is 7.88. The van der Waals surface area contributed by atoms with Crippen molar-refractivity contribution in [2.75, 3.05) is 12.8 Å². The number of aliphatic hydroxyl groups is 1. The average Bonchev–Trinajstić information content (AvgIpc) is 1.98. The van der Waals surface area contributed by atoms with Gasteiger partial charge >= 0.3 is 0 Å². The molecule has 2 N–H and O–H groups in total. The number of sulfonamides is 1. The normalized spacial score (nSPS) is 16.2. The highest BCUT2D eigenvalue weighted by atomic mass is 32.2. The highest BCUT2D eigenvalue weighted by Gasteiger charge is 2.36. The monoisotopic (exact) mass is 251 g/mol. The Kier molecular flexibility index (Phi) is 4.98. The van der Waals surface area contributed by atoms with Crippen LogP contribution in [0.1, 0.15) is 41.0 Å². The van der Waals surface area contributed by atoms with E-state index in [0.717, 1.165) is 6.26 Å². The summed E-state index contributed by atoms with van der Waals surface area (Å²) in [5, 5.41) is 10.2. The molecule has 0 aliphatic heterocycles. The zero-order valence-electron chi connectivity index (χ0n) is 11.2. The molecule has 5 heteroatoms. The van der Waals surface area contributed by atoms with Gasteiger partial charge in [0.1, 0.15) is 0 Å². The fourth-order valence-corrected chi connectivity index (χ4v) is 2.34. The van der Waals surface area contributed by atoms with E-state index in [4.69, 9.17) is 0 Å². The summed E-state index contributed by atoms with van der Waals surface area (Å²) in [6.07, 6.45) is 1.28. The average molecular weight is 251 g/mol. The van der Waals surface area contributed by atoms with Crippen molar-refractivity contribution in [2.45, 2.75) is 47.1 Å². The van der Waals surface area contributed by atoms with E-state index < -0.39 is 16.1 Å². The Morgan fingerprint density at radius 3 is 1.94 bits per heavy atom. The van der Waals surface area contributed by atoms with Gasteiger partial charge < -0.3 is 5.11 Å². The predicted octanol–water partition coefficient (Wildman–Crippen LogP) is 1.36. The molecular weight excluding hydrogens is 226 g/mol. The minimum atomic E-state index is -3.14. The largest absolute Gasteiger partial charge is 0.392 e. The summed E-state index contributed by atoms with van der Waals surface area (Å²) in [4.78, 5) is 0. The van der Waals surface area contributed by atoms with E-state index in [1.165, 1.54) is 0 Å². The Balaban J connectivity index is 4.36. The Bertz CT molecular complexity index is 315. The highest BCUT2D eigenvalue weighted by Crippen LogP contribution is 2.35. The molecule has 0 saturated carbocycles. The molecule has 0 aliphatic rings. The van der Waals surface area contributed by atoms with Crippen LogP contribution in [0, 0.1) is 10.8 Å². The van der Waals surface area contributed by atoms with Gasteiger partial charge in [-0.15, -0.1) is 0 Å². The van der Waals surface area contributed by atoms with Gasteiger partial charge in [-0.05, 0) is 17.3 Å². The van der Waals surface area contributed by atoms with Crippen molar-refractivity contribution >= 4 is 10.0 Å². The number of hydrogen-bond acceptors (Lipinski definition) is 3. The molecule has 4 nitrogen and oxygen atoms in total. The van der Waals surface area contributed by atoms with Crippen molar-refractivity contribution in [1.29, 1.82) is 0 Å². The molecule has 98 valence electrons. The molecule has 0 bridgehead atoms. The van der Waals surface area contributed by atoms with E-state index in [1.807, 2.05) is 34.6 Å². The van der Waals surface area contributed by atoms with E-state index in [0.29, 0.717) is 13.0 Å². The molecule has 0 aliphatic carbocycles. The van der Waals surface area contributed by atoms with Crippen molar-refractivity contribution in [3.8, 4) is 0 Å². The molecule has 1 unspecified atom stereocenters. The van der Waals surface area contributed by atoms with Crippen LogP contribution in [-0.4, -0.2) is 32.4 Å². The first-order chi connectivity index (χ1) is 6.86.